The molecule has 2 N–H and O–H groups in total. The highest BCUT2D eigenvalue weighted by molar-refractivity contribution is 5.75. The van der Waals surface area contributed by atoms with Gasteiger partial charge in [-0.05, 0) is 23.6 Å². The van der Waals surface area contributed by atoms with E-state index in [1.165, 1.54) is 31.4 Å². The maximum atomic E-state index is 12.8. The number of carbonyl (C=O) groups is 1. The number of halogens is 1. The SMILES string of the molecule is COC(=O)C(NCC(O)c1ccc(F)cc1)C(C)C. The third-order valence-electron chi connectivity index (χ3n) is 2.91. The molecule has 0 spiro atoms. The van der Waals surface area contributed by atoms with Crippen LogP contribution in [0.1, 0.15) is 25.5 Å². The van der Waals surface area contributed by atoms with Crippen LogP contribution in [0.5, 0.6) is 0 Å². The minimum Gasteiger partial charge on any atom is -0.468 e. The van der Waals surface area contributed by atoms with Crippen molar-refractivity contribution in [3.8, 4) is 0 Å². The summed E-state index contributed by atoms with van der Waals surface area (Å²) in [6.07, 6.45) is -0.800. The van der Waals surface area contributed by atoms with Gasteiger partial charge in [0.25, 0.3) is 0 Å². The molecule has 0 saturated carbocycles. The van der Waals surface area contributed by atoms with Gasteiger partial charge in [0.05, 0.1) is 13.2 Å². The summed E-state index contributed by atoms with van der Waals surface area (Å²) in [7, 11) is 1.33. The smallest absolute Gasteiger partial charge is 0.323 e. The molecular formula is C14H20FNO3. The van der Waals surface area contributed by atoms with Crippen molar-refractivity contribution >= 4 is 5.97 Å². The number of aliphatic hydroxyl groups is 1. The fraction of sp³-hybridized carbons (Fsp3) is 0.500. The molecule has 0 saturated heterocycles. The summed E-state index contributed by atoms with van der Waals surface area (Å²) >= 11 is 0. The number of rotatable bonds is 6. The summed E-state index contributed by atoms with van der Waals surface area (Å²) in [5, 5.41) is 12.9. The molecule has 2 unspecified atom stereocenters. The zero-order chi connectivity index (χ0) is 14.4. The Balaban J connectivity index is 2.59. The van der Waals surface area contributed by atoms with E-state index in [0.717, 1.165) is 0 Å². The number of esters is 1. The number of aliphatic hydroxyl groups excluding tert-OH is 1. The Morgan fingerprint density at radius 2 is 1.95 bits per heavy atom. The van der Waals surface area contributed by atoms with Gasteiger partial charge in [0.15, 0.2) is 0 Å². The molecule has 0 amide bonds. The molecule has 4 nitrogen and oxygen atoms in total. The molecule has 19 heavy (non-hydrogen) atoms. The van der Waals surface area contributed by atoms with E-state index in [9.17, 15) is 14.3 Å². The van der Waals surface area contributed by atoms with Gasteiger partial charge in [-0.1, -0.05) is 26.0 Å². The van der Waals surface area contributed by atoms with Gasteiger partial charge in [-0.2, -0.15) is 0 Å². The Bertz CT molecular complexity index is 406. The van der Waals surface area contributed by atoms with Crippen molar-refractivity contribution in [1.29, 1.82) is 0 Å². The third kappa shape index (κ3) is 4.61. The van der Waals surface area contributed by atoms with Gasteiger partial charge in [-0.15, -0.1) is 0 Å². The summed E-state index contributed by atoms with van der Waals surface area (Å²) in [5.41, 5.74) is 0.598. The van der Waals surface area contributed by atoms with Crippen LogP contribution in [0.25, 0.3) is 0 Å². The molecule has 0 radical (unpaired) electrons. The normalized spacial score (nSPS) is 14.2. The van der Waals surface area contributed by atoms with E-state index < -0.39 is 12.1 Å². The van der Waals surface area contributed by atoms with E-state index in [0.29, 0.717) is 5.56 Å². The van der Waals surface area contributed by atoms with Crippen LogP contribution >= 0.6 is 0 Å². The van der Waals surface area contributed by atoms with E-state index >= 15 is 0 Å². The van der Waals surface area contributed by atoms with E-state index in [1.807, 2.05) is 13.8 Å². The summed E-state index contributed by atoms with van der Waals surface area (Å²) in [6, 6.07) is 5.14. The molecule has 0 aliphatic heterocycles. The largest absolute Gasteiger partial charge is 0.468 e. The first-order valence-corrected chi connectivity index (χ1v) is 6.20. The molecular weight excluding hydrogens is 249 g/mol. The second-order valence-corrected chi connectivity index (χ2v) is 4.72. The molecule has 0 heterocycles. The van der Waals surface area contributed by atoms with Gasteiger partial charge < -0.3 is 15.2 Å². The van der Waals surface area contributed by atoms with Crippen LogP contribution in [0.2, 0.25) is 0 Å². The van der Waals surface area contributed by atoms with Crippen molar-refractivity contribution in [2.45, 2.75) is 26.0 Å². The minimum absolute atomic E-state index is 0.0490. The van der Waals surface area contributed by atoms with Crippen molar-refractivity contribution in [3.63, 3.8) is 0 Å². The van der Waals surface area contributed by atoms with Crippen LogP contribution in [0.3, 0.4) is 0 Å². The lowest BCUT2D eigenvalue weighted by Crippen LogP contribution is -2.43. The molecule has 0 aliphatic rings. The van der Waals surface area contributed by atoms with Crippen molar-refractivity contribution in [2.24, 2.45) is 5.92 Å². The zero-order valence-electron chi connectivity index (χ0n) is 11.4. The molecule has 0 bridgehead atoms. The number of hydrogen-bond acceptors (Lipinski definition) is 4. The molecule has 106 valence electrons. The number of benzene rings is 1. The van der Waals surface area contributed by atoms with Crippen LogP contribution in [0, 0.1) is 11.7 Å². The van der Waals surface area contributed by atoms with Crippen molar-refractivity contribution in [3.05, 3.63) is 35.6 Å². The van der Waals surface area contributed by atoms with Crippen molar-refractivity contribution < 1.29 is 19.0 Å². The molecule has 0 aromatic heterocycles. The Morgan fingerprint density at radius 1 is 1.37 bits per heavy atom. The number of ether oxygens (including phenoxy) is 1. The van der Waals surface area contributed by atoms with Crippen molar-refractivity contribution in [2.75, 3.05) is 13.7 Å². The van der Waals surface area contributed by atoms with Crippen LogP contribution in [0.15, 0.2) is 24.3 Å². The van der Waals surface area contributed by atoms with Crippen LogP contribution in [0.4, 0.5) is 4.39 Å². The van der Waals surface area contributed by atoms with Gasteiger partial charge >= 0.3 is 5.97 Å². The van der Waals surface area contributed by atoms with Crippen molar-refractivity contribution in [1.82, 2.24) is 5.32 Å². The molecule has 2 atom stereocenters. The lowest BCUT2D eigenvalue weighted by atomic mass is 10.0. The lowest BCUT2D eigenvalue weighted by molar-refractivity contribution is -0.144. The van der Waals surface area contributed by atoms with Gasteiger partial charge in [0.1, 0.15) is 11.9 Å². The zero-order valence-corrected chi connectivity index (χ0v) is 11.4. The van der Waals surface area contributed by atoms with E-state index in [2.05, 4.69) is 5.32 Å². The highest BCUT2D eigenvalue weighted by atomic mass is 19.1. The lowest BCUT2D eigenvalue weighted by Gasteiger charge is -2.21. The molecule has 5 heteroatoms. The van der Waals surface area contributed by atoms with Gasteiger partial charge in [-0.3, -0.25) is 4.79 Å². The first kappa shape index (κ1) is 15.6. The molecule has 1 rings (SSSR count). The average Bonchev–Trinajstić information content (AvgIpc) is 2.38. The van der Waals surface area contributed by atoms with E-state index in [4.69, 9.17) is 4.74 Å². The molecule has 1 aromatic rings. The standard InChI is InChI=1S/C14H20FNO3/c1-9(2)13(14(18)19-3)16-8-12(17)10-4-6-11(15)7-5-10/h4-7,9,12-13,16-17H,8H2,1-3H3. The Hall–Kier alpha value is -1.46. The first-order valence-electron chi connectivity index (χ1n) is 6.20. The van der Waals surface area contributed by atoms with E-state index in [-0.39, 0.29) is 24.2 Å². The monoisotopic (exact) mass is 269 g/mol. The first-order chi connectivity index (χ1) is 8.95. The second-order valence-electron chi connectivity index (χ2n) is 4.72. The third-order valence-corrected chi connectivity index (χ3v) is 2.91. The predicted octanol–water partition coefficient (Wildman–Crippen LogP) is 1.65. The van der Waals surface area contributed by atoms with Gasteiger partial charge in [-0.25, -0.2) is 4.39 Å². The Labute approximate surface area is 112 Å². The minimum atomic E-state index is -0.800. The highest BCUT2D eigenvalue weighted by Crippen LogP contribution is 2.13. The summed E-state index contributed by atoms with van der Waals surface area (Å²) in [6.45, 7) is 3.97. The summed E-state index contributed by atoms with van der Waals surface area (Å²) in [5.74, 6) is -0.660. The predicted molar refractivity (Wildman–Crippen MR) is 70.0 cm³/mol. The second kappa shape index (κ2) is 7.21. The Kier molecular flexibility index (Phi) is 5.92. The molecule has 0 aliphatic carbocycles. The number of carbonyl (C=O) groups excluding carboxylic acids is 1. The summed E-state index contributed by atoms with van der Waals surface area (Å²) in [4.78, 5) is 11.5. The maximum absolute atomic E-state index is 12.8. The highest BCUT2D eigenvalue weighted by Gasteiger charge is 2.23. The quantitative estimate of drug-likeness (QED) is 0.771. The topological polar surface area (TPSA) is 58.6 Å². The molecule has 1 aromatic carbocycles. The number of methoxy groups -OCH3 is 1. The van der Waals surface area contributed by atoms with Crippen LogP contribution < -0.4 is 5.32 Å². The fourth-order valence-electron chi connectivity index (χ4n) is 1.76. The van der Waals surface area contributed by atoms with Crippen LogP contribution in [-0.4, -0.2) is 30.8 Å². The van der Waals surface area contributed by atoms with E-state index in [1.54, 1.807) is 0 Å². The van der Waals surface area contributed by atoms with Gasteiger partial charge in [0.2, 0.25) is 0 Å². The number of nitrogens with one attached hydrogen (secondary N) is 1. The van der Waals surface area contributed by atoms with Gasteiger partial charge in [0, 0.05) is 6.54 Å². The van der Waals surface area contributed by atoms with Crippen LogP contribution in [-0.2, 0) is 9.53 Å². The molecule has 0 fully saturated rings. The summed E-state index contributed by atoms with van der Waals surface area (Å²) < 4.78 is 17.5. The number of hydrogen-bond donors (Lipinski definition) is 2. The average molecular weight is 269 g/mol. The Morgan fingerprint density at radius 3 is 2.42 bits per heavy atom. The fourth-order valence-corrected chi connectivity index (χ4v) is 1.76. The maximum Gasteiger partial charge on any atom is 0.323 e.